The van der Waals surface area contributed by atoms with E-state index in [4.69, 9.17) is 4.98 Å². The van der Waals surface area contributed by atoms with E-state index in [0.717, 1.165) is 25.2 Å². The van der Waals surface area contributed by atoms with E-state index in [1.54, 1.807) is 0 Å². The molecule has 1 aromatic rings. The molecule has 1 aromatic heterocycles. The van der Waals surface area contributed by atoms with Crippen LogP contribution in [-0.4, -0.2) is 25.1 Å². The number of hydrogen-bond donors (Lipinski definition) is 1. The van der Waals surface area contributed by atoms with Crippen molar-refractivity contribution in [1.29, 1.82) is 0 Å². The average Bonchev–Trinajstić information content (AvgIpc) is 2.36. The maximum atomic E-state index is 4.84. The monoisotopic (exact) mass is 277 g/mol. The van der Waals surface area contributed by atoms with Crippen molar-refractivity contribution < 1.29 is 0 Å². The first-order valence-electron chi connectivity index (χ1n) is 7.66. The van der Waals surface area contributed by atoms with Gasteiger partial charge in [0.2, 0.25) is 0 Å². The lowest BCUT2D eigenvalue weighted by Crippen LogP contribution is -2.40. The lowest BCUT2D eigenvalue weighted by Gasteiger charge is -2.36. The fourth-order valence-corrected chi connectivity index (χ4v) is 2.28. The second kappa shape index (κ2) is 7.07. The number of nitrogens with one attached hydrogen (secondary N) is 1. The molecule has 0 aliphatic carbocycles. The van der Waals surface area contributed by atoms with Crippen LogP contribution >= 0.6 is 0 Å². The Bertz CT molecular complexity index is 396. The van der Waals surface area contributed by atoms with Crippen LogP contribution in [0.15, 0.2) is 12.1 Å². The van der Waals surface area contributed by atoms with Gasteiger partial charge in [-0.05, 0) is 43.5 Å². The summed E-state index contributed by atoms with van der Waals surface area (Å²) in [6.07, 6.45) is 2.18. The number of rotatable bonds is 6. The fraction of sp³-hybridized carbons (Fsp3) is 0.706. The van der Waals surface area contributed by atoms with Gasteiger partial charge in [-0.15, -0.1) is 0 Å². The maximum Gasteiger partial charge on any atom is 0.129 e. The van der Waals surface area contributed by atoms with E-state index in [-0.39, 0.29) is 5.41 Å². The predicted molar refractivity (Wildman–Crippen MR) is 88.3 cm³/mol. The predicted octanol–water partition coefficient (Wildman–Crippen LogP) is 3.62. The molecular formula is C17H31N3. The van der Waals surface area contributed by atoms with Crippen LogP contribution in [0.4, 0.5) is 5.82 Å². The third kappa shape index (κ3) is 4.48. The Morgan fingerprint density at radius 1 is 1.30 bits per heavy atom. The minimum absolute atomic E-state index is 0.236. The van der Waals surface area contributed by atoms with Crippen molar-refractivity contribution in [3.8, 4) is 0 Å². The molecule has 3 heteroatoms. The zero-order valence-corrected chi connectivity index (χ0v) is 14.2. The van der Waals surface area contributed by atoms with Gasteiger partial charge < -0.3 is 10.2 Å². The molecule has 3 nitrogen and oxygen atoms in total. The van der Waals surface area contributed by atoms with Crippen molar-refractivity contribution in [2.45, 2.75) is 60.0 Å². The Hall–Kier alpha value is -1.09. The van der Waals surface area contributed by atoms with E-state index in [1.165, 1.54) is 11.3 Å². The number of pyridine rings is 1. The third-order valence-electron chi connectivity index (χ3n) is 4.01. The normalized spacial score (nSPS) is 13.3. The van der Waals surface area contributed by atoms with Crippen molar-refractivity contribution in [3.63, 3.8) is 0 Å². The van der Waals surface area contributed by atoms with Gasteiger partial charge in [-0.3, -0.25) is 0 Å². The van der Waals surface area contributed by atoms with Gasteiger partial charge in [-0.1, -0.05) is 34.1 Å². The SMILES string of the molecule is CCCc1cc(CNC)cc(N(C)C(C)C(C)(C)C)n1. The highest BCUT2D eigenvalue weighted by atomic mass is 15.2. The van der Waals surface area contributed by atoms with Crippen LogP contribution in [0.25, 0.3) is 0 Å². The number of hydrogen-bond acceptors (Lipinski definition) is 3. The van der Waals surface area contributed by atoms with Crippen molar-refractivity contribution >= 4 is 5.82 Å². The van der Waals surface area contributed by atoms with Gasteiger partial charge in [-0.2, -0.15) is 0 Å². The van der Waals surface area contributed by atoms with Gasteiger partial charge in [0.15, 0.2) is 0 Å². The standard InChI is InChI=1S/C17H31N3/c1-8-9-15-10-14(12-18-6)11-16(19-15)20(7)13(2)17(3,4)5/h10-11,13,18H,8-9,12H2,1-7H3. The molecule has 1 heterocycles. The molecule has 0 saturated carbocycles. The number of aryl methyl sites for hydroxylation is 1. The van der Waals surface area contributed by atoms with E-state index < -0.39 is 0 Å². The van der Waals surface area contributed by atoms with Crippen LogP contribution in [0, 0.1) is 5.41 Å². The fourth-order valence-electron chi connectivity index (χ4n) is 2.28. The van der Waals surface area contributed by atoms with Gasteiger partial charge in [0.1, 0.15) is 5.82 Å². The molecule has 0 spiro atoms. The smallest absolute Gasteiger partial charge is 0.129 e. The van der Waals surface area contributed by atoms with E-state index in [2.05, 4.69) is 64.0 Å². The molecule has 0 saturated heterocycles. The zero-order chi connectivity index (χ0) is 15.3. The lowest BCUT2D eigenvalue weighted by molar-refractivity contribution is 0.328. The summed E-state index contributed by atoms with van der Waals surface area (Å²) in [6, 6.07) is 4.87. The van der Waals surface area contributed by atoms with Crippen molar-refractivity contribution in [2.75, 3.05) is 19.0 Å². The van der Waals surface area contributed by atoms with Gasteiger partial charge >= 0.3 is 0 Å². The number of anilines is 1. The molecular weight excluding hydrogens is 246 g/mol. The molecule has 1 N–H and O–H groups in total. The summed E-state index contributed by atoms with van der Waals surface area (Å²) in [5.74, 6) is 1.09. The van der Waals surface area contributed by atoms with Gasteiger partial charge in [0.05, 0.1) is 0 Å². The molecule has 0 amide bonds. The molecule has 1 rings (SSSR count). The molecule has 0 bridgehead atoms. The van der Waals surface area contributed by atoms with Crippen LogP contribution in [0.2, 0.25) is 0 Å². The number of nitrogens with zero attached hydrogens (tertiary/aromatic N) is 2. The number of aromatic nitrogens is 1. The highest BCUT2D eigenvalue weighted by Crippen LogP contribution is 2.27. The van der Waals surface area contributed by atoms with Crippen molar-refractivity contribution in [3.05, 3.63) is 23.4 Å². The molecule has 1 atom stereocenters. The van der Waals surface area contributed by atoms with E-state index >= 15 is 0 Å². The molecule has 0 fully saturated rings. The Balaban J connectivity index is 3.08. The average molecular weight is 277 g/mol. The first kappa shape index (κ1) is 17.0. The van der Waals surface area contributed by atoms with Crippen molar-refractivity contribution in [2.24, 2.45) is 5.41 Å². The van der Waals surface area contributed by atoms with Gasteiger partial charge in [-0.25, -0.2) is 4.98 Å². The first-order chi connectivity index (χ1) is 9.29. The molecule has 114 valence electrons. The topological polar surface area (TPSA) is 28.2 Å². The second-order valence-corrected chi connectivity index (χ2v) is 6.76. The quantitative estimate of drug-likeness (QED) is 0.860. The summed E-state index contributed by atoms with van der Waals surface area (Å²) >= 11 is 0. The summed E-state index contributed by atoms with van der Waals surface area (Å²) in [6.45, 7) is 12.2. The zero-order valence-electron chi connectivity index (χ0n) is 14.2. The lowest BCUT2D eigenvalue weighted by atomic mass is 9.87. The Morgan fingerprint density at radius 2 is 1.95 bits per heavy atom. The van der Waals surface area contributed by atoms with Crippen LogP contribution in [0.1, 0.15) is 52.3 Å². The summed E-state index contributed by atoms with van der Waals surface area (Å²) < 4.78 is 0. The maximum absolute atomic E-state index is 4.84. The minimum Gasteiger partial charge on any atom is -0.356 e. The highest BCUT2D eigenvalue weighted by Gasteiger charge is 2.25. The minimum atomic E-state index is 0.236. The first-order valence-corrected chi connectivity index (χ1v) is 7.66. The molecule has 0 radical (unpaired) electrons. The molecule has 0 aromatic carbocycles. The molecule has 0 aliphatic heterocycles. The van der Waals surface area contributed by atoms with Crippen LogP contribution in [-0.2, 0) is 13.0 Å². The summed E-state index contributed by atoms with van der Waals surface area (Å²) in [5, 5.41) is 3.23. The van der Waals surface area contributed by atoms with E-state index in [1.807, 2.05) is 7.05 Å². The second-order valence-electron chi connectivity index (χ2n) is 6.76. The van der Waals surface area contributed by atoms with Gasteiger partial charge in [0.25, 0.3) is 0 Å². The Labute approximate surface area is 124 Å². The Kier molecular flexibility index (Phi) is 6.00. The van der Waals surface area contributed by atoms with E-state index in [9.17, 15) is 0 Å². The highest BCUT2D eigenvalue weighted by molar-refractivity contribution is 5.43. The summed E-state index contributed by atoms with van der Waals surface area (Å²) in [7, 11) is 4.14. The summed E-state index contributed by atoms with van der Waals surface area (Å²) in [5.41, 5.74) is 2.75. The van der Waals surface area contributed by atoms with Crippen LogP contribution in [0.5, 0.6) is 0 Å². The van der Waals surface area contributed by atoms with Crippen molar-refractivity contribution in [1.82, 2.24) is 10.3 Å². The van der Waals surface area contributed by atoms with Gasteiger partial charge in [0, 0.05) is 25.3 Å². The van der Waals surface area contributed by atoms with E-state index in [0.29, 0.717) is 6.04 Å². The third-order valence-corrected chi connectivity index (χ3v) is 4.01. The van der Waals surface area contributed by atoms with Crippen LogP contribution in [0.3, 0.4) is 0 Å². The largest absolute Gasteiger partial charge is 0.356 e. The molecule has 0 aliphatic rings. The summed E-state index contributed by atoms with van der Waals surface area (Å²) in [4.78, 5) is 7.14. The van der Waals surface area contributed by atoms with Crippen LogP contribution < -0.4 is 10.2 Å². The molecule has 1 unspecified atom stereocenters. The molecule has 20 heavy (non-hydrogen) atoms. The Morgan fingerprint density at radius 3 is 2.45 bits per heavy atom.